The van der Waals surface area contributed by atoms with Gasteiger partial charge in [0.1, 0.15) is 5.78 Å². The summed E-state index contributed by atoms with van der Waals surface area (Å²) >= 11 is 0. The Balaban J connectivity index is 2.06. The number of esters is 1. The topological polar surface area (TPSA) is 80.7 Å². The normalized spacial score (nSPS) is 46.3. The molecule has 0 bridgehead atoms. The van der Waals surface area contributed by atoms with Crippen LogP contribution in [0.25, 0.3) is 0 Å². The van der Waals surface area contributed by atoms with Gasteiger partial charge in [0.05, 0.1) is 18.4 Å². The van der Waals surface area contributed by atoms with Crippen molar-refractivity contribution in [1.82, 2.24) is 0 Å². The summed E-state index contributed by atoms with van der Waals surface area (Å²) in [4.78, 5) is 36.4. The van der Waals surface area contributed by atoms with E-state index in [4.69, 9.17) is 4.74 Å². The summed E-state index contributed by atoms with van der Waals surface area (Å²) in [5.74, 6) is -1.98. The number of ketones is 1. The molecule has 5 unspecified atom stereocenters. The first-order chi connectivity index (χ1) is 9.80. The van der Waals surface area contributed by atoms with Crippen molar-refractivity contribution in [2.75, 3.05) is 6.61 Å². The second-order valence-electron chi connectivity index (χ2n) is 7.35. The highest BCUT2D eigenvalue weighted by Gasteiger charge is 2.64. The van der Waals surface area contributed by atoms with Gasteiger partial charge in [-0.3, -0.25) is 14.4 Å². The molecule has 2 saturated carbocycles. The van der Waals surface area contributed by atoms with Crippen molar-refractivity contribution in [2.24, 2.45) is 28.6 Å². The number of rotatable bonds is 1. The van der Waals surface area contributed by atoms with E-state index < -0.39 is 22.7 Å². The van der Waals surface area contributed by atoms with Gasteiger partial charge in [-0.15, -0.1) is 0 Å². The molecule has 116 valence electrons. The smallest absolute Gasteiger partial charge is 0.309 e. The van der Waals surface area contributed by atoms with Crippen molar-refractivity contribution < 1.29 is 24.2 Å². The van der Waals surface area contributed by atoms with Gasteiger partial charge >= 0.3 is 11.9 Å². The molecule has 5 nitrogen and oxygen atoms in total. The monoisotopic (exact) mass is 294 g/mol. The van der Waals surface area contributed by atoms with Crippen LogP contribution in [-0.2, 0) is 19.1 Å². The third kappa shape index (κ3) is 1.86. The molecule has 0 aromatic rings. The molecule has 21 heavy (non-hydrogen) atoms. The van der Waals surface area contributed by atoms with E-state index in [0.717, 1.165) is 0 Å². The fraction of sp³-hybridized carbons (Fsp3) is 0.812. The molecule has 3 aliphatic rings. The molecule has 0 amide bonds. The minimum Gasteiger partial charge on any atom is -0.481 e. The molecule has 1 saturated heterocycles. The molecule has 1 heterocycles. The van der Waals surface area contributed by atoms with Crippen LogP contribution in [0.15, 0.2) is 0 Å². The van der Waals surface area contributed by atoms with Gasteiger partial charge in [-0.25, -0.2) is 0 Å². The van der Waals surface area contributed by atoms with E-state index in [-0.39, 0.29) is 23.6 Å². The zero-order chi connectivity index (χ0) is 15.4. The predicted molar refractivity (Wildman–Crippen MR) is 73.4 cm³/mol. The maximum atomic E-state index is 12.6. The molecule has 0 radical (unpaired) electrons. The number of aliphatic carboxylic acids is 1. The van der Waals surface area contributed by atoms with Crippen molar-refractivity contribution in [3.8, 4) is 0 Å². The number of hydrogen-bond acceptors (Lipinski definition) is 4. The molecule has 1 aliphatic heterocycles. The Morgan fingerprint density at radius 1 is 1.19 bits per heavy atom. The largest absolute Gasteiger partial charge is 0.481 e. The highest BCUT2D eigenvalue weighted by molar-refractivity contribution is 5.88. The van der Waals surface area contributed by atoms with E-state index >= 15 is 0 Å². The van der Waals surface area contributed by atoms with E-state index in [1.54, 1.807) is 0 Å². The summed E-state index contributed by atoms with van der Waals surface area (Å²) in [6, 6.07) is 0. The lowest BCUT2D eigenvalue weighted by Gasteiger charge is -2.59. The molecule has 2 aliphatic carbocycles. The Morgan fingerprint density at radius 2 is 1.90 bits per heavy atom. The van der Waals surface area contributed by atoms with Crippen LogP contribution in [0.2, 0.25) is 0 Å². The summed E-state index contributed by atoms with van der Waals surface area (Å²) in [5.41, 5.74) is -0.989. The van der Waals surface area contributed by atoms with Crippen molar-refractivity contribution in [3.05, 3.63) is 0 Å². The SMILES string of the molecule is CC12CCC3C(=O)OCCC3(C)C1C(=O)CCC2C(=O)O. The third-order valence-electron chi connectivity index (χ3n) is 6.35. The van der Waals surface area contributed by atoms with Crippen molar-refractivity contribution in [3.63, 3.8) is 0 Å². The summed E-state index contributed by atoms with van der Waals surface area (Å²) < 4.78 is 5.17. The van der Waals surface area contributed by atoms with Crippen LogP contribution in [0.3, 0.4) is 0 Å². The second-order valence-corrected chi connectivity index (χ2v) is 7.35. The van der Waals surface area contributed by atoms with E-state index in [1.807, 2.05) is 13.8 Å². The van der Waals surface area contributed by atoms with Gasteiger partial charge in [0.15, 0.2) is 0 Å². The standard InChI is InChI=1S/C16H22O5/c1-15-6-5-10-14(20)21-8-7-16(10,2)12(15)11(17)4-3-9(15)13(18)19/h9-10,12H,3-8H2,1-2H3,(H,18,19). The van der Waals surface area contributed by atoms with Gasteiger partial charge in [-0.1, -0.05) is 13.8 Å². The first-order valence-corrected chi connectivity index (χ1v) is 7.73. The van der Waals surface area contributed by atoms with Gasteiger partial charge in [-0.2, -0.15) is 0 Å². The first-order valence-electron chi connectivity index (χ1n) is 7.73. The molecule has 0 aromatic heterocycles. The van der Waals surface area contributed by atoms with E-state index in [2.05, 4.69) is 0 Å². The minimum atomic E-state index is -0.810. The van der Waals surface area contributed by atoms with Crippen molar-refractivity contribution >= 4 is 17.7 Å². The summed E-state index contributed by atoms with van der Waals surface area (Å²) in [7, 11) is 0. The lowest BCUT2D eigenvalue weighted by atomic mass is 9.44. The Bertz CT molecular complexity index is 505. The lowest BCUT2D eigenvalue weighted by Crippen LogP contribution is -2.61. The van der Waals surface area contributed by atoms with Gasteiger partial charge < -0.3 is 9.84 Å². The van der Waals surface area contributed by atoms with Crippen LogP contribution in [0.1, 0.15) is 46.0 Å². The van der Waals surface area contributed by atoms with Crippen LogP contribution in [0.5, 0.6) is 0 Å². The number of Topliss-reactive ketones (excluding diaryl/α,β-unsaturated/α-hetero) is 1. The molecule has 3 fully saturated rings. The average molecular weight is 294 g/mol. The molecule has 3 rings (SSSR count). The number of hydrogen-bond donors (Lipinski definition) is 1. The molecule has 0 spiro atoms. The van der Waals surface area contributed by atoms with Gasteiger partial charge in [-0.05, 0) is 36.5 Å². The van der Waals surface area contributed by atoms with Gasteiger partial charge in [0.25, 0.3) is 0 Å². The molecule has 1 N–H and O–H groups in total. The number of fused-ring (bicyclic) bond motifs is 3. The zero-order valence-electron chi connectivity index (χ0n) is 12.6. The maximum Gasteiger partial charge on any atom is 0.309 e. The maximum absolute atomic E-state index is 12.6. The summed E-state index contributed by atoms with van der Waals surface area (Å²) in [5, 5.41) is 9.56. The summed E-state index contributed by atoms with van der Waals surface area (Å²) in [6.07, 6.45) is 2.62. The lowest BCUT2D eigenvalue weighted by molar-refractivity contribution is -0.192. The van der Waals surface area contributed by atoms with Gasteiger partial charge in [0, 0.05) is 12.3 Å². The highest BCUT2D eigenvalue weighted by atomic mass is 16.5. The third-order valence-corrected chi connectivity index (χ3v) is 6.35. The van der Waals surface area contributed by atoms with Crippen LogP contribution in [-0.4, -0.2) is 29.4 Å². The average Bonchev–Trinajstić information content (AvgIpc) is 2.36. The molecule has 0 aromatic carbocycles. The van der Waals surface area contributed by atoms with Crippen LogP contribution < -0.4 is 0 Å². The quantitative estimate of drug-likeness (QED) is 0.748. The van der Waals surface area contributed by atoms with E-state index in [9.17, 15) is 19.5 Å². The number of carboxylic acids is 1. The van der Waals surface area contributed by atoms with Crippen LogP contribution in [0, 0.1) is 28.6 Å². The van der Waals surface area contributed by atoms with Crippen molar-refractivity contribution in [1.29, 1.82) is 0 Å². The van der Waals surface area contributed by atoms with E-state index in [1.165, 1.54) is 0 Å². The molecule has 5 heteroatoms. The second kappa shape index (κ2) is 4.55. The molecular weight excluding hydrogens is 272 g/mol. The number of carboxylic acid groups (broad SMARTS) is 1. The number of carbonyl (C=O) groups is 3. The highest BCUT2D eigenvalue weighted by Crippen LogP contribution is 2.62. The zero-order valence-corrected chi connectivity index (χ0v) is 12.6. The fourth-order valence-corrected chi connectivity index (χ4v) is 5.34. The predicted octanol–water partition coefficient (Wildman–Crippen LogP) is 2.04. The number of carbonyl (C=O) groups excluding carboxylic acids is 2. The van der Waals surface area contributed by atoms with E-state index in [0.29, 0.717) is 38.7 Å². The Kier molecular flexibility index (Phi) is 3.15. The number of cyclic esters (lactones) is 1. The Morgan fingerprint density at radius 3 is 2.57 bits per heavy atom. The Labute approximate surface area is 124 Å². The minimum absolute atomic E-state index is 0.136. The summed E-state index contributed by atoms with van der Waals surface area (Å²) in [6.45, 7) is 4.26. The van der Waals surface area contributed by atoms with Crippen LogP contribution in [0.4, 0.5) is 0 Å². The van der Waals surface area contributed by atoms with Crippen LogP contribution >= 0.6 is 0 Å². The molecular formula is C16H22O5. The fourth-order valence-electron chi connectivity index (χ4n) is 5.34. The first kappa shape index (κ1) is 14.5. The van der Waals surface area contributed by atoms with Crippen molar-refractivity contribution in [2.45, 2.75) is 46.0 Å². The number of ether oxygens (including phenoxy) is 1. The Hall–Kier alpha value is -1.39. The van der Waals surface area contributed by atoms with Gasteiger partial charge in [0.2, 0.25) is 0 Å². The molecule has 5 atom stereocenters.